The summed E-state index contributed by atoms with van der Waals surface area (Å²) in [6.07, 6.45) is 2.47. The van der Waals surface area contributed by atoms with Crippen molar-refractivity contribution in [1.29, 1.82) is 0 Å². The summed E-state index contributed by atoms with van der Waals surface area (Å²) >= 11 is 0. The molecule has 0 bridgehead atoms. The molecule has 0 saturated heterocycles. The second-order valence-corrected chi connectivity index (χ2v) is 4.87. The van der Waals surface area contributed by atoms with Gasteiger partial charge in [0.1, 0.15) is 0 Å². The first-order valence-corrected chi connectivity index (χ1v) is 5.26. The van der Waals surface area contributed by atoms with Crippen molar-refractivity contribution in [2.45, 2.75) is 59.6 Å². The third kappa shape index (κ3) is 5.27. The lowest BCUT2D eigenvalue weighted by molar-refractivity contribution is -0.0310. The van der Waals surface area contributed by atoms with Gasteiger partial charge in [-0.05, 0) is 18.8 Å². The van der Waals surface area contributed by atoms with E-state index in [1.165, 1.54) is 6.42 Å². The first kappa shape index (κ1) is 12.9. The summed E-state index contributed by atoms with van der Waals surface area (Å²) in [5, 5.41) is 0. The quantitative estimate of drug-likeness (QED) is 0.671. The van der Waals surface area contributed by atoms with E-state index in [1.54, 1.807) is 0 Å². The van der Waals surface area contributed by atoms with Gasteiger partial charge in [-0.25, -0.2) is 0 Å². The molecule has 0 aliphatic rings. The number of unbranched alkanes of at least 4 members (excludes halogenated alkanes) is 1. The van der Waals surface area contributed by atoms with Crippen molar-refractivity contribution in [2.75, 3.05) is 6.61 Å². The van der Waals surface area contributed by atoms with Crippen molar-refractivity contribution >= 4 is 0 Å². The minimum Gasteiger partial charge on any atom is -0.376 e. The van der Waals surface area contributed by atoms with Crippen LogP contribution in [0, 0.1) is 5.41 Å². The Kier molecular flexibility index (Phi) is 5.57. The van der Waals surface area contributed by atoms with E-state index < -0.39 is 0 Å². The molecular weight excluding hydrogens is 162 g/mol. The molecule has 2 atom stereocenters. The molecule has 0 heterocycles. The van der Waals surface area contributed by atoms with Gasteiger partial charge in [0.05, 0.1) is 6.10 Å². The third-order valence-corrected chi connectivity index (χ3v) is 2.13. The van der Waals surface area contributed by atoms with Crippen molar-refractivity contribution < 1.29 is 4.74 Å². The van der Waals surface area contributed by atoms with Gasteiger partial charge in [-0.2, -0.15) is 0 Å². The highest BCUT2D eigenvalue weighted by Crippen LogP contribution is 2.24. The van der Waals surface area contributed by atoms with Crippen LogP contribution in [0.1, 0.15) is 47.5 Å². The van der Waals surface area contributed by atoms with E-state index >= 15 is 0 Å². The highest BCUT2D eigenvalue weighted by Gasteiger charge is 2.28. The van der Waals surface area contributed by atoms with Gasteiger partial charge in [0, 0.05) is 12.6 Å². The molecule has 0 aliphatic heterocycles. The normalized spacial score (nSPS) is 17.1. The molecule has 0 aromatic carbocycles. The number of hydrogen-bond donors (Lipinski definition) is 1. The second-order valence-electron chi connectivity index (χ2n) is 4.87. The van der Waals surface area contributed by atoms with Gasteiger partial charge in [0.2, 0.25) is 0 Å². The molecule has 2 nitrogen and oxygen atoms in total. The summed E-state index contributed by atoms with van der Waals surface area (Å²) in [5.41, 5.74) is 6.02. The number of hydrogen-bond acceptors (Lipinski definition) is 2. The monoisotopic (exact) mass is 187 g/mol. The predicted octanol–water partition coefficient (Wildman–Crippen LogP) is 2.57. The molecule has 0 aliphatic carbocycles. The van der Waals surface area contributed by atoms with E-state index in [0.29, 0.717) is 0 Å². The Morgan fingerprint density at radius 1 is 1.31 bits per heavy atom. The van der Waals surface area contributed by atoms with E-state index in [9.17, 15) is 0 Å². The number of nitrogens with two attached hydrogens (primary N) is 1. The Morgan fingerprint density at radius 2 is 1.85 bits per heavy atom. The number of rotatable bonds is 5. The lowest BCUT2D eigenvalue weighted by Crippen LogP contribution is -2.43. The van der Waals surface area contributed by atoms with Crippen LogP contribution in [0.2, 0.25) is 0 Å². The Balaban J connectivity index is 3.97. The number of ether oxygens (including phenoxy) is 1. The van der Waals surface area contributed by atoms with E-state index in [4.69, 9.17) is 10.5 Å². The second kappa shape index (κ2) is 5.61. The molecular formula is C11H25NO. The summed E-state index contributed by atoms with van der Waals surface area (Å²) in [4.78, 5) is 0. The summed E-state index contributed by atoms with van der Waals surface area (Å²) < 4.78 is 5.78. The van der Waals surface area contributed by atoms with Gasteiger partial charge >= 0.3 is 0 Å². The Labute approximate surface area is 82.8 Å². The average molecular weight is 187 g/mol. The molecule has 0 saturated carbocycles. The van der Waals surface area contributed by atoms with Gasteiger partial charge in [-0.3, -0.25) is 0 Å². The largest absolute Gasteiger partial charge is 0.376 e. The molecule has 0 aromatic heterocycles. The fourth-order valence-corrected chi connectivity index (χ4v) is 1.55. The van der Waals surface area contributed by atoms with Crippen LogP contribution in [0.4, 0.5) is 0 Å². The lowest BCUT2D eigenvalue weighted by atomic mass is 9.85. The molecule has 0 radical (unpaired) electrons. The smallest absolute Gasteiger partial charge is 0.0771 e. The van der Waals surface area contributed by atoms with E-state index in [-0.39, 0.29) is 17.6 Å². The standard InChI is InChI=1S/C11H25NO/c1-6-7-8-13-10(9(2)12)11(3,4)5/h9-10H,6-8,12H2,1-5H3. The van der Waals surface area contributed by atoms with Crippen LogP contribution < -0.4 is 5.73 Å². The van der Waals surface area contributed by atoms with E-state index in [1.807, 2.05) is 6.92 Å². The first-order valence-electron chi connectivity index (χ1n) is 5.26. The maximum Gasteiger partial charge on any atom is 0.0771 e. The average Bonchev–Trinajstić information content (AvgIpc) is 1.94. The molecule has 0 amide bonds. The van der Waals surface area contributed by atoms with Crippen LogP contribution in [0.15, 0.2) is 0 Å². The SMILES string of the molecule is CCCCOC(C(C)N)C(C)(C)C. The van der Waals surface area contributed by atoms with Gasteiger partial charge < -0.3 is 10.5 Å². The van der Waals surface area contributed by atoms with Crippen molar-refractivity contribution in [3.63, 3.8) is 0 Å². The predicted molar refractivity (Wildman–Crippen MR) is 57.8 cm³/mol. The van der Waals surface area contributed by atoms with Crippen molar-refractivity contribution in [3.8, 4) is 0 Å². The van der Waals surface area contributed by atoms with Crippen molar-refractivity contribution in [1.82, 2.24) is 0 Å². The van der Waals surface area contributed by atoms with Crippen molar-refractivity contribution in [3.05, 3.63) is 0 Å². The maximum atomic E-state index is 5.88. The zero-order chi connectivity index (χ0) is 10.5. The molecule has 2 heteroatoms. The van der Waals surface area contributed by atoms with Crippen molar-refractivity contribution in [2.24, 2.45) is 11.1 Å². The van der Waals surface area contributed by atoms with Crippen LogP contribution in [0.3, 0.4) is 0 Å². The van der Waals surface area contributed by atoms with Gasteiger partial charge in [-0.15, -0.1) is 0 Å². The van der Waals surface area contributed by atoms with Gasteiger partial charge in [0.25, 0.3) is 0 Å². The van der Waals surface area contributed by atoms with E-state index in [2.05, 4.69) is 27.7 Å². The van der Waals surface area contributed by atoms with Crippen LogP contribution in [0.25, 0.3) is 0 Å². The maximum absolute atomic E-state index is 5.88. The summed E-state index contributed by atoms with van der Waals surface area (Å²) in [5.74, 6) is 0. The van der Waals surface area contributed by atoms with E-state index in [0.717, 1.165) is 13.0 Å². The summed E-state index contributed by atoms with van der Waals surface area (Å²) in [7, 11) is 0. The minimum atomic E-state index is 0.108. The topological polar surface area (TPSA) is 35.2 Å². The van der Waals surface area contributed by atoms with Gasteiger partial charge in [-0.1, -0.05) is 34.1 Å². The van der Waals surface area contributed by atoms with Gasteiger partial charge in [0.15, 0.2) is 0 Å². The fourth-order valence-electron chi connectivity index (χ4n) is 1.55. The Hall–Kier alpha value is -0.0800. The fraction of sp³-hybridized carbons (Fsp3) is 1.00. The first-order chi connectivity index (χ1) is 5.89. The van der Waals surface area contributed by atoms with Crippen LogP contribution in [-0.2, 0) is 4.74 Å². The zero-order valence-electron chi connectivity index (χ0n) is 9.76. The molecule has 13 heavy (non-hydrogen) atoms. The summed E-state index contributed by atoms with van der Waals surface area (Å²) in [6.45, 7) is 11.5. The lowest BCUT2D eigenvalue weighted by Gasteiger charge is -2.33. The van der Waals surface area contributed by atoms with Crippen LogP contribution >= 0.6 is 0 Å². The van der Waals surface area contributed by atoms with Crippen LogP contribution in [0.5, 0.6) is 0 Å². The van der Waals surface area contributed by atoms with Crippen LogP contribution in [-0.4, -0.2) is 18.8 Å². The minimum absolute atomic E-state index is 0.108. The molecule has 0 aromatic rings. The molecule has 0 rings (SSSR count). The molecule has 80 valence electrons. The molecule has 0 spiro atoms. The third-order valence-electron chi connectivity index (χ3n) is 2.13. The highest BCUT2D eigenvalue weighted by atomic mass is 16.5. The Morgan fingerprint density at radius 3 is 2.15 bits per heavy atom. The zero-order valence-corrected chi connectivity index (χ0v) is 9.76. The molecule has 2 N–H and O–H groups in total. The molecule has 2 unspecified atom stereocenters. The summed E-state index contributed by atoms with van der Waals surface area (Å²) in [6, 6.07) is 0.108. The molecule has 0 fully saturated rings. The highest BCUT2D eigenvalue weighted by molar-refractivity contribution is 4.81. The Bertz CT molecular complexity index is 127.